The maximum atomic E-state index is 14.5. The molecule has 2 saturated heterocycles. The van der Waals surface area contributed by atoms with E-state index in [4.69, 9.17) is 14.0 Å². The van der Waals surface area contributed by atoms with Crippen molar-refractivity contribution in [2.75, 3.05) is 6.61 Å². The normalized spacial score (nSPS) is 29.2. The molecule has 3 nitrogen and oxygen atoms in total. The molecule has 21 heavy (non-hydrogen) atoms. The summed E-state index contributed by atoms with van der Waals surface area (Å²) >= 11 is 0. The Morgan fingerprint density at radius 1 is 1.24 bits per heavy atom. The zero-order valence-electron chi connectivity index (χ0n) is 14.2. The second kappa shape index (κ2) is 5.67. The van der Waals surface area contributed by atoms with E-state index in [9.17, 15) is 4.39 Å². The molecule has 1 atom stereocenters. The van der Waals surface area contributed by atoms with Crippen LogP contribution in [0, 0.1) is 5.41 Å². The standard InChI is InChI=1S/C16H28BFO3/c1-14(2,10-12-8-7-9-19-12)11-13(18)17-20-15(3,4)16(5,6)21-17/h11-12H,7-10H2,1-6H3. The molecule has 0 spiro atoms. The molecule has 0 aromatic rings. The molecule has 0 aromatic carbocycles. The van der Waals surface area contributed by atoms with Crippen LogP contribution in [-0.2, 0) is 14.0 Å². The van der Waals surface area contributed by atoms with Crippen LogP contribution in [0.15, 0.2) is 11.8 Å². The van der Waals surface area contributed by atoms with Crippen LogP contribution in [-0.4, -0.2) is 31.0 Å². The Kier molecular flexibility index (Phi) is 4.59. The second-order valence-corrected chi connectivity index (χ2v) is 7.95. The van der Waals surface area contributed by atoms with E-state index in [1.54, 1.807) is 6.08 Å². The van der Waals surface area contributed by atoms with Gasteiger partial charge in [0.05, 0.1) is 17.3 Å². The van der Waals surface area contributed by atoms with Crippen molar-refractivity contribution in [1.29, 1.82) is 0 Å². The van der Waals surface area contributed by atoms with E-state index in [2.05, 4.69) is 0 Å². The molecule has 0 amide bonds. The number of halogens is 1. The van der Waals surface area contributed by atoms with E-state index in [0.29, 0.717) is 0 Å². The molecule has 0 N–H and O–H groups in total. The van der Waals surface area contributed by atoms with Gasteiger partial charge in [-0.05, 0) is 52.4 Å². The number of hydrogen-bond donors (Lipinski definition) is 0. The fourth-order valence-corrected chi connectivity index (χ4v) is 2.85. The maximum absolute atomic E-state index is 14.5. The highest BCUT2D eigenvalue weighted by atomic mass is 19.1. The molecule has 0 aliphatic carbocycles. The van der Waals surface area contributed by atoms with Crippen molar-refractivity contribution in [1.82, 2.24) is 0 Å². The minimum Gasteiger partial charge on any atom is -0.398 e. The lowest BCUT2D eigenvalue weighted by atomic mass is 9.79. The van der Waals surface area contributed by atoms with Gasteiger partial charge in [-0.3, -0.25) is 0 Å². The van der Waals surface area contributed by atoms with Crippen LogP contribution in [0.2, 0.25) is 0 Å². The number of ether oxygens (including phenoxy) is 1. The number of hydrogen-bond acceptors (Lipinski definition) is 3. The average Bonchev–Trinajstić information content (AvgIpc) is 2.84. The van der Waals surface area contributed by atoms with Crippen molar-refractivity contribution in [3.8, 4) is 0 Å². The molecule has 5 heteroatoms. The maximum Gasteiger partial charge on any atom is 0.524 e. The second-order valence-electron chi connectivity index (χ2n) is 7.95. The van der Waals surface area contributed by atoms with Crippen molar-refractivity contribution in [2.24, 2.45) is 5.41 Å². The predicted octanol–water partition coefficient (Wildman–Crippen LogP) is 4.07. The highest BCUT2D eigenvalue weighted by Gasteiger charge is 2.53. The van der Waals surface area contributed by atoms with Crippen molar-refractivity contribution in [2.45, 2.75) is 78.1 Å². The third kappa shape index (κ3) is 3.88. The Bertz CT molecular complexity index is 396. The summed E-state index contributed by atoms with van der Waals surface area (Å²) in [7, 11) is -0.904. The van der Waals surface area contributed by atoms with Crippen LogP contribution in [0.5, 0.6) is 0 Å². The van der Waals surface area contributed by atoms with Crippen molar-refractivity contribution in [3.05, 3.63) is 11.8 Å². The minimum atomic E-state index is -0.904. The van der Waals surface area contributed by atoms with Gasteiger partial charge in [0, 0.05) is 6.61 Å². The lowest BCUT2D eigenvalue weighted by Gasteiger charge is -2.32. The van der Waals surface area contributed by atoms with Crippen molar-refractivity contribution >= 4 is 7.12 Å². The quantitative estimate of drug-likeness (QED) is 0.732. The summed E-state index contributed by atoms with van der Waals surface area (Å²) in [6.07, 6.45) is 4.86. The Labute approximate surface area is 128 Å². The summed E-state index contributed by atoms with van der Waals surface area (Å²) in [5, 5.41) is 0. The van der Waals surface area contributed by atoms with E-state index >= 15 is 0 Å². The van der Waals surface area contributed by atoms with Gasteiger partial charge in [0.25, 0.3) is 0 Å². The van der Waals surface area contributed by atoms with Gasteiger partial charge >= 0.3 is 7.12 Å². The van der Waals surface area contributed by atoms with Crippen LogP contribution in [0.1, 0.15) is 60.8 Å². The van der Waals surface area contributed by atoms with Gasteiger partial charge in [-0.1, -0.05) is 19.9 Å². The van der Waals surface area contributed by atoms with Crippen LogP contribution < -0.4 is 0 Å². The van der Waals surface area contributed by atoms with Gasteiger partial charge in [-0.25, -0.2) is 4.39 Å². The van der Waals surface area contributed by atoms with Gasteiger partial charge in [0.15, 0.2) is 0 Å². The first-order chi connectivity index (χ1) is 9.52. The first kappa shape index (κ1) is 17.0. The Hall–Kier alpha value is -0.385. The highest BCUT2D eigenvalue weighted by molar-refractivity contribution is 6.53. The Balaban J connectivity index is 2.03. The number of allylic oxidation sites excluding steroid dienone is 1. The van der Waals surface area contributed by atoms with Crippen LogP contribution >= 0.6 is 0 Å². The minimum absolute atomic E-state index is 0.238. The Morgan fingerprint density at radius 2 is 1.81 bits per heavy atom. The van der Waals surface area contributed by atoms with Crippen LogP contribution in [0.25, 0.3) is 0 Å². The molecular formula is C16H28BFO3. The molecule has 1 unspecified atom stereocenters. The topological polar surface area (TPSA) is 27.7 Å². The van der Waals surface area contributed by atoms with E-state index in [-0.39, 0.29) is 17.2 Å². The van der Waals surface area contributed by atoms with Gasteiger partial charge in [0.2, 0.25) is 0 Å². The summed E-state index contributed by atoms with van der Waals surface area (Å²) in [5.41, 5.74) is -1.64. The van der Waals surface area contributed by atoms with E-state index in [0.717, 1.165) is 25.9 Å². The fourth-order valence-electron chi connectivity index (χ4n) is 2.85. The average molecular weight is 298 g/mol. The monoisotopic (exact) mass is 298 g/mol. The zero-order chi connectivity index (χ0) is 15.9. The SMILES string of the molecule is CC(C)(C=C(F)B1OC(C)(C)C(C)(C)O1)CC1CCCO1. The zero-order valence-corrected chi connectivity index (χ0v) is 14.2. The summed E-state index contributed by atoms with van der Waals surface area (Å²) in [5.74, 6) is 0. The molecule has 120 valence electrons. The van der Waals surface area contributed by atoms with Gasteiger partial charge in [-0.2, -0.15) is 0 Å². The molecule has 0 aromatic heterocycles. The lowest BCUT2D eigenvalue weighted by Crippen LogP contribution is -2.41. The van der Waals surface area contributed by atoms with Gasteiger partial charge in [0.1, 0.15) is 5.73 Å². The van der Waals surface area contributed by atoms with Crippen molar-refractivity contribution in [3.63, 3.8) is 0 Å². The summed E-state index contributed by atoms with van der Waals surface area (Å²) in [6.45, 7) is 12.6. The number of rotatable bonds is 4. The lowest BCUT2D eigenvalue weighted by molar-refractivity contribution is 0.00578. The molecule has 2 aliphatic rings. The largest absolute Gasteiger partial charge is 0.524 e. The Morgan fingerprint density at radius 3 is 2.29 bits per heavy atom. The van der Waals surface area contributed by atoms with Crippen molar-refractivity contribution < 1.29 is 18.4 Å². The first-order valence-corrected chi connectivity index (χ1v) is 7.88. The van der Waals surface area contributed by atoms with Gasteiger partial charge in [-0.15, -0.1) is 0 Å². The van der Waals surface area contributed by atoms with Crippen LogP contribution in [0.4, 0.5) is 4.39 Å². The molecule has 2 aliphatic heterocycles. The van der Waals surface area contributed by atoms with E-state index in [1.807, 2.05) is 41.5 Å². The smallest absolute Gasteiger partial charge is 0.398 e. The van der Waals surface area contributed by atoms with E-state index in [1.165, 1.54) is 0 Å². The summed E-state index contributed by atoms with van der Waals surface area (Å²) in [4.78, 5) is 0. The molecule has 0 saturated carbocycles. The third-order valence-corrected chi connectivity index (χ3v) is 4.78. The molecule has 0 radical (unpaired) electrons. The first-order valence-electron chi connectivity index (χ1n) is 7.88. The molecule has 2 fully saturated rings. The summed E-state index contributed by atoms with van der Waals surface area (Å²) < 4.78 is 31.7. The fraction of sp³-hybridized carbons (Fsp3) is 0.875. The predicted molar refractivity (Wildman–Crippen MR) is 82.6 cm³/mol. The third-order valence-electron chi connectivity index (χ3n) is 4.78. The van der Waals surface area contributed by atoms with E-state index < -0.39 is 18.3 Å². The summed E-state index contributed by atoms with van der Waals surface area (Å²) in [6, 6.07) is 0. The van der Waals surface area contributed by atoms with Crippen LogP contribution in [0.3, 0.4) is 0 Å². The van der Waals surface area contributed by atoms with Gasteiger partial charge < -0.3 is 14.0 Å². The molecular weight excluding hydrogens is 270 g/mol. The molecule has 2 heterocycles. The molecule has 0 bridgehead atoms. The highest BCUT2D eigenvalue weighted by Crippen LogP contribution is 2.40. The molecule has 2 rings (SSSR count).